The van der Waals surface area contributed by atoms with Crippen LogP contribution in [0.4, 0.5) is 8.78 Å². The molecule has 2 atom stereocenters. The Kier molecular flexibility index (Phi) is 5.00. The fourth-order valence-corrected chi connectivity index (χ4v) is 4.50. The lowest BCUT2D eigenvalue weighted by atomic mass is 9.85. The molecule has 1 aliphatic heterocycles. The number of benzene rings is 2. The Morgan fingerprint density at radius 2 is 2.00 bits per heavy atom. The Hall–Kier alpha value is -2.47. The number of ether oxygens (including phenoxy) is 3. The lowest BCUT2D eigenvalue weighted by Crippen LogP contribution is -2.22. The number of hydrogen-bond donors (Lipinski definition) is 0. The topological polar surface area (TPSA) is 44.8 Å². The van der Waals surface area contributed by atoms with Gasteiger partial charge in [-0.1, -0.05) is 18.2 Å². The maximum atomic E-state index is 13.7. The molecule has 0 radical (unpaired) electrons. The van der Waals surface area contributed by atoms with Crippen LogP contribution in [0, 0.1) is 6.92 Å². The quantitative estimate of drug-likeness (QED) is 0.570. The molecule has 2 aliphatic carbocycles. The molecule has 0 spiro atoms. The van der Waals surface area contributed by atoms with E-state index in [4.69, 9.17) is 14.2 Å². The van der Waals surface area contributed by atoms with E-state index in [0.29, 0.717) is 18.1 Å². The van der Waals surface area contributed by atoms with Crippen molar-refractivity contribution in [3.63, 3.8) is 0 Å². The normalized spacial score (nSPS) is 22.3. The lowest BCUT2D eigenvalue weighted by molar-refractivity contribution is -0.157. The summed E-state index contributed by atoms with van der Waals surface area (Å²) in [6, 6.07) is 10.1. The van der Waals surface area contributed by atoms with Crippen LogP contribution in [0.1, 0.15) is 60.0 Å². The van der Waals surface area contributed by atoms with Crippen LogP contribution in [0.5, 0.6) is 5.75 Å². The van der Waals surface area contributed by atoms with Crippen LogP contribution in [0.25, 0.3) is 11.1 Å². The zero-order chi connectivity index (χ0) is 21.8. The van der Waals surface area contributed by atoms with Crippen molar-refractivity contribution >= 4 is 5.97 Å². The van der Waals surface area contributed by atoms with Gasteiger partial charge in [0.1, 0.15) is 11.9 Å². The van der Waals surface area contributed by atoms with E-state index in [0.717, 1.165) is 59.3 Å². The molecule has 2 saturated carbocycles. The number of halogens is 2. The Morgan fingerprint density at radius 1 is 1.23 bits per heavy atom. The van der Waals surface area contributed by atoms with Crippen molar-refractivity contribution in [3.05, 3.63) is 52.6 Å². The van der Waals surface area contributed by atoms with Crippen LogP contribution in [0.2, 0.25) is 0 Å². The summed E-state index contributed by atoms with van der Waals surface area (Å²) in [6.45, 7) is 2.60. The molecule has 2 aromatic carbocycles. The Morgan fingerprint density at radius 3 is 2.68 bits per heavy atom. The third kappa shape index (κ3) is 3.82. The molecule has 0 N–H and O–H groups in total. The molecule has 1 heterocycles. The van der Waals surface area contributed by atoms with Gasteiger partial charge in [0.25, 0.3) is 5.92 Å². The number of methoxy groups -OCH3 is 1. The first-order chi connectivity index (χ1) is 14.9. The van der Waals surface area contributed by atoms with Crippen molar-refractivity contribution in [1.29, 1.82) is 0 Å². The molecule has 0 saturated heterocycles. The van der Waals surface area contributed by atoms with Gasteiger partial charge in [0.15, 0.2) is 6.10 Å². The fourth-order valence-electron chi connectivity index (χ4n) is 4.50. The van der Waals surface area contributed by atoms with E-state index in [2.05, 4.69) is 12.1 Å². The molecule has 5 rings (SSSR count). The first-order valence-electron chi connectivity index (χ1n) is 10.9. The minimum atomic E-state index is -2.89. The van der Waals surface area contributed by atoms with E-state index in [1.54, 1.807) is 0 Å². The SMILES string of the molecule is COC(=O)C(OC1CC1(F)F)c1c(C)ccc(C2CC2)c1-c1ccc2c(c1)CCCO2. The van der Waals surface area contributed by atoms with Gasteiger partial charge in [-0.15, -0.1) is 0 Å². The average molecular weight is 428 g/mol. The summed E-state index contributed by atoms with van der Waals surface area (Å²) in [5.74, 6) is -2.25. The van der Waals surface area contributed by atoms with E-state index in [1.165, 1.54) is 7.11 Å². The number of carbonyl (C=O) groups excluding carboxylic acids is 1. The second kappa shape index (κ2) is 7.59. The highest BCUT2D eigenvalue weighted by Gasteiger charge is 2.60. The lowest BCUT2D eigenvalue weighted by Gasteiger charge is -2.25. The minimum Gasteiger partial charge on any atom is -0.493 e. The zero-order valence-electron chi connectivity index (χ0n) is 17.8. The Bertz CT molecular complexity index is 1030. The van der Waals surface area contributed by atoms with Gasteiger partial charge in [-0.3, -0.25) is 0 Å². The number of carbonyl (C=O) groups is 1. The molecular formula is C25H26F2O4. The first kappa shape index (κ1) is 20.4. The molecule has 6 heteroatoms. The molecule has 164 valence electrons. The van der Waals surface area contributed by atoms with Gasteiger partial charge in [0, 0.05) is 12.0 Å². The molecule has 3 aliphatic rings. The summed E-state index contributed by atoms with van der Waals surface area (Å²) < 4.78 is 43.8. The monoisotopic (exact) mass is 428 g/mol. The highest BCUT2D eigenvalue weighted by atomic mass is 19.3. The molecule has 4 nitrogen and oxygen atoms in total. The van der Waals surface area contributed by atoms with Crippen molar-refractivity contribution in [1.82, 2.24) is 0 Å². The molecule has 31 heavy (non-hydrogen) atoms. The maximum Gasteiger partial charge on any atom is 0.339 e. The molecule has 2 fully saturated rings. The van der Waals surface area contributed by atoms with E-state index in [-0.39, 0.29) is 6.42 Å². The van der Waals surface area contributed by atoms with Gasteiger partial charge in [-0.05, 0) is 78.5 Å². The van der Waals surface area contributed by atoms with E-state index < -0.39 is 24.1 Å². The van der Waals surface area contributed by atoms with Crippen molar-refractivity contribution < 1.29 is 27.8 Å². The van der Waals surface area contributed by atoms with Crippen molar-refractivity contribution in [3.8, 4) is 16.9 Å². The van der Waals surface area contributed by atoms with Gasteiger partial charge in [0.2, 0.25) is 0 Å². The van der Waals surface area contributed by atoms with E-state index >= 15 is 0 Å². The van der Waals surface area contributed by atoms with E-state index in [1.807, 2.05) is 25.1 Å². The summed E-state index contributed by atoms with van der Waals surface area (Å²) in [6.07, 6.45) is 1.22. The predicted molar refractivity (Wildman–Crippen MR) is 112 cm³/mol. The largest absolute Gasteiger partial charge is 0.493 e. The van der Waals surface area contributed by atoms with Crippen LogP contribution in [0.15, 0.2) is 30.3 Å². The summed E-state index contributed by atoms with van der Waals surface area (Å²) in [5, 5.41) is 0. The molecular weight excluding hydrogens is 402 g/mol. The van der Waals surface area contributed by atoms with Crippen molar-refractivity contribution in [2.75, 3.05) is 13.7 Å². The van der Waals surface area contributed by atoms with Crippen LogP contribution >= 0.6 is 0 Å². The number of esters is 1. The van der Waals surface area contributed by atoms with Crippen molar-refractivity contribution in [2.24, 2.45) is 0 Å². The highest BCUT2D eigenvalue weighted by molar-refractivity contribution is 5.84. The number of fused-ring (bicyclic) bond motifs is 1. The molecule has 2 unspecified atom stereocenters. The van der Waals surface area contributed by atoms with E-state index in [9.17, 15) is 13.6 Å². The third-order valence-electron chi connectivity index (χ3n) is 6.46. The predicted octanol–water partition coefficient (Wildman–Crippen LogP) is 5.50. The molecule has 0 bridgehead atoms. The average Bonchev–Trinajstić information content (AvgIpc) is 3.69. The molecule has 0 amide bonds. The summed E-state index contributed by atoms with van der Waals surface area (Å²) in [4.78, 5) is 12.7. The van der Waals surface area contributed by atoms with Gasteiger partial charge < -0.3 is 14.2 Å². The first-order valence-corrected chi connectivity index (χ1v) is 10.9. The summed E-state index contributed by atoms with van der Waals surface area (Å²) in [7, 11) is 1.26. The second-order valence-electron chi connectivity index (χ2n) is 8.80. The standard InChI is InChI=1S/C25H26F2O4/c1-14-5-9-18(15-6-7-15)22(17-8-10-19-16(12-17)4-3-11-30-19)21(14)23(24(28)29-2)31-20-13-25(20,26)27/h5,8-10,12,15,20,23H,3-4,6-7,11,13H2,1-2H3. The van der Waals surface area contributed by atoms with Gasteiger partial charge in [0.05, 0.1) is 13.7 Å². The van der Waals surface area contributed by atoms with Crippen LogP contribution in [-0.2, 0) is 20.7 Å². The Labute approximate surface area is 180 Å². The number of alkyl halides is 2. The molecule has 2 aromatic rings. The van der Waals surface area contributed by atoms with Crippen LogP contribution in [-0.4, -0.2) is 31.7 Å². The summed E-state index contributed by atoms with van der Waals surface area (Å²) >= 11 is 0. The number of hydrogen-bond acceptors (Lipinski definition) is 4. The third-order valence-corrected chi connectivity index (χ3v) is 6.46. The Balaban J connectivity index is 1.66. The number of aryl methyl sites for hydroxylation is 2. The highest BCUT2D eigenvalue weighted by Crippen LogP contribution is 2.51. The van der Waals surface area contributed by atoms with Gasteiger partial charge >= 0.3 is 5.97 Å². The zero-order valence-corrected chi connectivity index (χ0v) is 17.8. The van der Waals surface area contributed by atoms with Crippen LogP contribution < -0.4 is 4.74 Å². The van der Waals surface area contributed by atoms with Gasteiger partial charge in [-0.25, -0.2) is 13.6 Å². The smallest absolute Gasteiger partial charge is 0.339 e. The second-order valence-corrected chi connectivity index (χ2v) is 8.80. The van der Waals surface area contributed by atoms with Gasteiger partial charge in [-0.2, -0.15) is 0 Å². The van der Waals surface area contributed by atoms with Crippen LogP contribution in [0.3, 0.4) is 0 Å². The summed E-state index contributed by atoms with van der Waals surface area (Å²) in [5.41, 5.74) is 5.60. The molecule has 0 aromatic heterocycles. The minimum absolute atomic E-state index is 0.368. The maximum absolute atomic E-state index is 13.7. The fraction of sp³-hybridized carbons (Fsp3) is 0.480. The number of rotatable bonds is 6. The van der Waals surface area contributed by atoms with Crippen molar-refractivity contribution in [2.45, 2.75) is 63.1 Å².